The summed E-state index contributed by atoms with van der Waals surface area (Å²) in [5.74, 6) is 0.726. The first kappa shape index (κ1) is 28.7. The Balaban J connectivity index is 1.07. The van der Waals surface area contributed by atoms with Crippen LogP contribution in [0.1, 0.15) is 56.2 Å². The fourth-order valence-electron chi connectivity index (χ4n) is 6.83. The minimum Gasteiger partial charge on any atom is -0.228 e. The van der Waals surface area contributed by atoms with Gasteiger partial charge in [0.05, 0.1) is 11.4 Å². The number of benzene rings is 4. The van der Waals surface area contributed by atoms with Crippen LogP contribution in [-0.2, 0) is 5.41 Å². The summed E-state index contributed by atoms with van der Waals surface area (Å²) in [6, 6.07) is 40.1. The SMILES string of the molecule is C=C(CCC(=C)c1ccc(-c2cc(-c3ccccc3)nc(-c3ccccc3)n2)cc1)C1=CC2=C(CC1)c1ccccc1C2(C)C. The van der Waals surface area contributed by atoms with E-state index in [9.17, 15) is 0 Å². The first-order valence-electron chi connectivity index (χ1n) is 15.9. The molecule has 220 valence electrons. The van der Waals surface area contributed by atoms with Gasteiger partial charge >= 0.3 is 0 Å². The van der Waals surface area contributed by atoms with Crippen LogP contribution in [0.3, 0.4) is 0 Å². The third-order valence-electron chi connectivity index (χ3n) is 9.49. The van der Waals surface area contributed by atoms with E-state index in [1.807, 2.05) is 36.4 Å². The largest absolute Gasteiger partial charge is 0.228 e. The van der Waals surface area contributed by atoms with E-state index in [-0.39, 0.29) is 5.41 Å². The molecule has 45 heavy (non-hydrogen) atoms. The zero-order valence-electron chi connectivity index (χ0n) is 26.2. The molecule has 0 N–H and O–H groups in total. The van der Waals surface area contributed by atoms with Crippen LogP contribution in [0.4, 0.5) is 0 Å². The number of hydrogen-bond acceptors (Lipinski definition) is 2. The minimum atomic E-state index is 0.0383. The fourth-order valence-corrected chi connectivity index (χ4v) is 6.83. The number of fused-ring (bicyclic) bond motifs is 2. The van der Waals surface area contributed by atoms with E-state index in [0.29, 0.717) is 0 Å². The molecule has 1 heterocycles. The van der Waals surface area contributed by atoms with Gasteiger partial charge in [0.1, 0.15) is 0 Å². The molecule has 0 saturated heterocycles. The van der Waals surface area contributed by atoms with Gasteiger partial charge in [0.15, 0.2) is 5.82 Å². The maximum absolute atomic E-state index is 4.98. The number of hydrogen-bond donors (Lipinski definition) is 0. The molecular weight excluding hydrogens is 544 g/mol. The topological polar surface area (TPSA) is 25.8 Å². The molecule has 7 rings (SSSR count). The van der Waals surface area contributed by atoms with E-state index in [0.717, 1.165) is 70.7 Å². The summed E-state index contributed by atoms with van der Waals surface area (Å²) in [5, 5.41) is 0. The summed E-state index contributed by atoms with van der Waals surface area (Å²) < 4.78 is 0. The van der Waals surface area contributed by atoms with Gasteiger partial charge in [0.25, 0.3) is 0 Å². The van der Waals surface area contributed by atoms with Crippen molar-refractivity contribution in [3.63, 3.8) is 0 Å². The summed E-state index contributed by atoms with van der Waals surface area (Å²) in [6.07, 6.45) is 6.38. The summed E-state index contributed by atoms with van der Waals surface area (Å²) in [6.45, 7) is 13.7. The lowest BCUT2D eigenvalue weighted by Crippen LogP contribution is -2.17. The first-order chi connectivity index (χ1) is 21.9. The highest BCUT2D eigenvalue weighted by atomic mass is 14.9. The molecule has 2 aliphatic rings. The Morgan fingerprint density at radius 3 is 1.91 bits per heavy atom. The van der Waals surface area contributed by atoms with Gasteiger partial charge in [0, 0.05) is 22.1 Å². The van der Waals surface area contributed by atoms with Gasteiger partial charge in [-0.25, -0.2) is 9.97 Å². The smallest absolute Gasteiger partial charge is 0.160 e. The lowest BCUT2D eigenvalue weighted by atomic mass is 9.78. The van der Waals surface area contributed by atoms with Crippen LogP contribution < -0.4 is 0 Å². The van der Waals surface area contributed by atoms with Crippen LogP contribution >= 0.6 is 0 Å². The van der Waals surface area contributed by atoms with Crippen LogP contribution in [0.25, 0.3) is 45.0 Å². The number of allylic oxidation sites excluding steroid dienone is 6. The van der Waals surface area contributed by atoms with Gasteiger partial charge < -0.3 is 0 Å². The maximum atomic E-state index is 4.98. The normalized spacial score (nSPS) is 14.8. The molecule has 0 atom stereocenters. The first-order valence-corrected chi connectivity index (χ1v) is 15.9. The molecule has 5 aromatic rings. The Bertz CT molecular complexity index is 1920. The highest BCUT2D eigenvalue weighted by Crippen LogP contribution is 2.51. The van der Waals surface area contributed by atoms with Gasteiger partial charge in [-0.2, -0.15) is 0 Å². The molecule has 4 aromatic carbocycles. The van der Waals surface area contributed by atoms with Crippen LogP contribution in [0.2, 0.25) is 0 Å². The third kappa shape index (κ3) is 5.53. The second-order valence-corrected chi connectivity index (χ2v) is 12.7. The highest BCUT2D eigenvalue weighted by molar-refractivity contribution is 5.84. The summed E-state index contributed by atoms with van der Waals surface area (Å²) >= 11 is 0. The Kier molecular flexibility index (Phi) is 7.51. The van der Waals surface area contributed by atoms with E-state index in [4.69, 9.17) is 9.97 Å². The third-order valence-corrected chi connectivity index (χ3v) is 9.49. The second kappa shape index (κ2) is 11.8. The molecule has 2 aliphatic carbocycles. The quantitative estimate of drug-likeness (QED) is 0.182. The monoisotopic (exact) mass is 582 g/mol. The lowest BCUT2D eigenvalue weighted by molar-refractivity contribution is 0.649. The molecule has 0 amide bonds. The zero-order valence-corrected chi connectivity index (χ0v) is 26.2. The second-order valence-electron chi connectivity index (χ2n) is 12.7. The highest BCUT2D eigenvalue weighted by Gasteiger charge is 2.37. The Hall–Kier alpha value is -5.08. The molecule has 0 unspecified atom stereocenters. The molecule has 0 bridgehead atoms. The Labute approximate surface area is 267 Å². The average Bonchev–Trinajstić information content (AvgIpc) is 3.33. The number of nitrogens with zero attached hydrogens (tertiary/aromatic N) is 2. The fraction of sp³-hybridized carbons (Fsp3) is 0.163. The molecule has 2 heteroatoms. The van der Waals surface area contributed by atoms with Crippen molar-refractivity contribution in [3.05, 3.63) is 168 Å². The number of rotatable bonds is 8. The van der Waals surface area contributed by atoms with E-state index in [1.165, 1.54) is 33.4 Å². The number of aromatic nitrogens is 2. The van der Waals surface area contributed by atoms with Crippen molar-refractivity contribution in [1.29, 1.82) is 0 Å². The van der Waals surface area contributed by atoms with Crippen molar-refractivity contribution in [2.45, 2.75) is 44.9 Å². The minimum absolute atomic E-state index is 0.0383. The molecule has 2 nitrogen and oxygen atoms in total. The van der Waals surface area contributed by atoms with Crippen LogP contribution in [0.5, 0.6) is 0 Å². The van der Waals surface area contributed by atoms with E-state index >= 15 is 0 Å². The van der Waals surface area contributed by atoms with E-state index in [2.05, 4.69) is 112 Å². The summed E-state index contributed by atoms with van der Waals surface area (Å²) in [5.41, 5.74) is 15.8. The van der Waals surface area contributed by atoms with E-state index in [1.54, 1.807) is 0 Å². The molecule has 0 fully saturated rings. The summed E-state index contributed by atoms with van der Waals surface area (Å²) in [7, 11) is 0. The van der Waals surface area contributed by atoms with Crippen molar-refractivity contribution in [3.8, 4) is 33.9 Å². The molecule has 0 spiro atoms. The van der Waals surface area contributed by atoms with Crippen molar-refractivity contribution in [2.24, 2.45) is 0 Å². The average molecular weight is 583 g/mol. The van der Waals surface area contributed by atoms with Crippen molar-refractivity contribution in [2.75, 3.05) is 0 Å². The van der Waals surface area contributed by atoms with Gasteiger partial charge in [-0.05, 0) is 70.7 Å². The zero-order chi connectivity index (χ0) is 31.0. The van der Waals surface area contributed by atoms with Gasteiger partial charge in [0.2, 0.25) is 0 Å². The summed E-state index contributed by atoms with van der Waals surface area (Å²) in [4.78, 5) is 9.90. The van der Waals surface area contributed by atoms with Gasteiger partial charge in [-0.3, -0.25) is 0 Å². The van der Waals surface area contributed by atoms with Crippen molar-refractivity contribution in [1.82, 2.24) is 9.97 Å². The predicted molar refractivity (Wildman–Crippen MR) is 189 cm³/mol. The Morgan fingerprint density at radius 2 is 1.22 bits per heavy atom. The molecule has 1 aromatic heterocycles. The van der Waals surface area contributed by atoms with Crippen molar-refractivity contribution >= 4 is 11.1 Å². The predicted octanol–water partition coefficient (Wildman–Crippen LogP) is 11.3. The molecule has 0 aliphatic heterocycles. The Morgan fingerprint density at radius 1 is 0.644 bits per heavy atom. The van der Waals surface area contributed by atoms with Crippen LogP contribution in [0.15, 0.2) is 151 Å². The van der Waals surface area contributed by atoms with Gasteiger partial charge in [-0.15, -0.1) is 0 Å². The maximum Gasteiger partial charge on any atom is 0.160 e. The van der Waals surface area contributed by atoms with E-state index < -0.39 is 0 Å². The molecule has 0 saturated carbocycles. The van der Waals surface area contributed by atoms with Crippen molar-refractivity contribution < 1.29 is 0 Å². The van der Waals surface area contributed by atoms with Gasteiger partial charge in [-0.1, -0.05) is 148 Å². The molecular formula is C43H38N2. The lowest BCUT2D eigenvalue weighted by Gasteiger charge is -2.26. The molecule has 0 radical (unpaired) electrons. The van der Waals surface area contributed by atoms with Crippen LogP contribution in [-0.4, -0.2) is 9.97 Å². The van der Waals surface area contributed by atoms with Crippen LogP contribution in [0, 0.1) is 0 Å². The standard InChI is InChI=1S/C43H38N2/c1-29(19-20-30(2)35-25-26-37-36-17-11-12-18-38(36)43(3,4)39(37)27-35)31-21-23-33(24-22-31)41-28-40(32-13-7-5-8-14-32)44-42(45-41)34-15-9-6-10-16-34/h5-18,21-24,27-28H,1-2,19-20,25-26H2,3-4H3.